The van der Waals surface area contributed by atoms with Gasteiger partial charge >= 0.3 is 26.9 Å². The SMILES string of the molecule is O=S(=O)(O)O.[Ni+2]. The number of hydrogen-bond acceptors (Lipinski definition) is 2. The number of hydrogen-bond donors (Lipinski definition) is 2. The second-order valence-corrected chi connectivity index (χ2v) is 1.34. The molecule has 0 spiro atoms. The van der Waals surface area contributed by atoms with E-state index in [4.69, 9.17) is 17.5 Å². The normalized spacial score (nSPS) is 9.67. The van der Waals surface area contributed by atoms with Crippen molar-refractivity contribution in [1.82, 2.24) is 0 Å². The summed E-state index contributed by atoms with van der Waals surface area (Å²) in [5.41, 5.74) is 0. The molecule has 0 saturated carbocycles. The fourth-order valence-corrected chi connectivity index (χ4v) is 0. The molecule has 40 valence electrons. The molecule has 0 unspecified atom stereocenters. The maximum Gasteiger partial charge on any atom is 2.00 e. The van der Waals surface area contributed by atoms with Gasteiger partial charge in [-0.05, 0) is 0 Å². The van der Waals surface area contributed by atoms with Gasteiger partial charge in [-0.2, -0.15) is 8.42 Å². The van der Waals surface area contributed by atoms with E-state index >= 15 is 0 Å². The monoisotopic (exact) mass is 156 g/mol. The molecule has 0 atom stereocenters. The van der Waals surface area contributed by atoms with Crippen LogP contribution in [0.25, 0.3) is 0 Å². The van der Waals surface area contributed by atoms with Crippen molar-refractivity contribution in [2.45, 2.75) is 0 Å². The quantitative estimate of drug-likeness (QED) is 0.361. The second kappa shape index (κ2) is 2.52. The molecule has 4 nitrogen and oxygen atoms in total. The molecule has 0 radical (unpaired) electrons. The van der Waals surface area contributed by atoms with Crippen LogP contribution in [0.1, 0.15) is 0 Å². The maximum atomic E-state index is 8.74. The Hall–Kier alpha value is 0.364. The first kappa shape index (κ1) is 9.61. The summed E-state index contributed by atoms with van der Waals surface area (Å²) in [7, 11) is -4.67. The molecular formula is H2NiO4S+2. The van der Waals surface area contributed by atoms with Crippen molar-refractivity contribution in [3.05, 3.63) is 0 Å². The Morgan fingerprint density at radius 1 is 1.17 bits per heavy atom. The van der Waals surface area contributed by atoms with Crippen molar-refractivity contribution in [1.29, 1.82) is 0 Å². The molecule has 2 N–H and O–H groups in total. The zero-order valence-corrected chi connectivity index (χ0v) is 4.24. The molecule has 0 fully saturated rings. The minimum Gasteiger partial charge on any atom is -0.264 e. The van der Waals surface area contributed by atoms with E-state index in [2.05, 4.69) is 0 Å². The van der Waals surface area contributed by atoms with E-state index in [-0.39, 0.29) is 16.5 Å². The van der Waals surface area contributed by atoms with E-state index in [0.29, 0.717) is 0 Å². The molecule has 0 rings (SSSR count). The summed E-state index contributed by atoms with van der Waals surface area (Å²) in [6.07, 6.45) is 0. The Kier molecular flexibility index (Phi) is 4.04. The van der Waals surface area contributed by atoms with Gasteiger partial charge in [-0.15, -0.1) is 0 Å². The van der Waals surface area contributed by atoms with Gasteiger partial charge in [-0.3, -0.25) is 9.11 Å². The fraction of sp³-hybridized carbons (Fsp3) is 0. The second-order valence-electron chi connectivity index (χ2n) is 0.448. The third-order valence-corrected chi connectivity index (χ3v) is 0. The molecule has 6 heavy (non-hydrogen) atoms. The van der Waals surface area contributed by atoms with Crippen molar-refractivity contribution in [3.8, 4) is 0 Å². The van der Waals surface area contributed by atoms with Crippen molar-refractivity contribution in [3.63, 3.8) is 0 Å². The Morgan fingerprint density at radius 2 is 1.17 bits per heavy atom. The van der Waals surface area contributed by atoms with Crippen LogP contribution in [0.5, 0.6) is 0 Å². The van der Waals surface area contributed by atoms with Crippen LogP contribution in [0.15, 0.2) is 0 Å². The maximum absolute atomic E-state index is 8.74. The Balaban J connectivity index is 0. The van der Waals surface area contributed by atoms with Gasteiger partial charge < -0.3 is 0 Å². The van der Waals surface area contributed by atoms with E-state index < -0.39 is 10.4 Å². The van der Waals surface area contributed by atoms with E-state index in [1.807, 2.05) is 0 Å². The molecular weight excluding hydrogens is 155 g/mol. The molecule has 0 aliphatic heterocycles. The largest absolute Gasteiger partial charge is 2.00 e. The topological polar surface area (TPSA) is 74.6 Å². The first-order valence-corrected chi connectivity index (χ1v) is 2.10. The molecule has 0 aromatic carbocycles. The van der Waals surface area contributed by atoms with Crippen LogP contribution in [0.2, 0.25) is 0 Å². The van der Waals surface area contributed by atoms with Crippen molar-refractivity contribution in [2.24, 2.45) is 0 Å². The van der Waals surface area contributed by atoms with E-state index in [1.165, 1.54) is 0 Å². The van der Waals surface area contributed by atoms with Crippen LogP contribution >= 0.6 is 0 Å². The Morgan fingerprint density at radius 3 is 1.17 bits per heavy atom. The summed E-state index contributed by atoms with van der Waals surface area (Å²) in [4.78, 5) is 0. The smallest absolute Gasteiger partial charge is 0.264 e. The Labute approximate surface area is 45.1 Å². The molecule has 0 saturated heterocycles. The van der Waals surface area contributed by atoms with Gasteiger partial charge in [0, 0.05) is 0 Å². The van der Waals surface area contributed by atoms with E-state index in [9.17, 15) is 0 Å². The summed E-state index contributed by atoms with van der Waals surface area (Å²) < 4.78 is 31.6. The molecule has 0 aromatic rings. The van der Waals surface area contributed by atoms with Crippen molar-refractivity contribution < 1.29 is 34.0 Å². The van der Waals surface area contributed by atoms with Gasteiger partial charge in [0.15, 0.2) is 0 Å². The van der Waals surface area contributed by atoms with Gasteiger partial charge in [-0.25, -0.2) is 0 Å². The van der Waals surface area contributed by atoms with E-state index in [0.717, 1.165) is 0 Å². The van der Waals surface area contributed by atoms with Gasteiger partial charge in [0.2, 0.25) is 0 Å². The zero-order valence-electron chi connectivity index (χ0n) is 2.44. The summed E-state index contributed by atoms with van der Waals surface area (Å²) in [5, 5.41) is 0. The summed E-state index contributed by atoms with van der Waals surface area (Å²) in [5.74, 6) is 0. The van der Waals surface area contributed by atoms with Gasteiger partial charge in [-0.1, -0.05) is 0 Å². The van der Waals surface area contributed by atoms with Gasteiger partial charge in [0.05, 0.1) is 0 Å². The molecule has 0 aliphatic rings. The van der Waals surface area contributed by atoms with Crippen molar-refractivity contribution in [2.75, 3.05) is 0 Å². The summed E-state index contributed by atoms with van der Waals surface area (Å²) in [6, 6.07) is 0. The minimum atomic E-state index is -4.67. The van der Waals surface area contributed by atoms with Crippen molar-refractivity contribution >= 4 is 10.4 Å². The van der Waals surface area contributed by atoms with Gasteiger partial charge in [0.1, 0.15) is 0 Å². The molecule has 6 heteroatoms. The first-order chi connectivity index (χ1) is 2.00. The number of rotatable bonds is 0. The van der Waals surface area contributed by atoms with Crippen LogP contribution in [-0.4, -0.2) is 17.5 Å². The fourth-order valence-electron chi connectivity index (χ4n) is 0. The first-order valence-electron chi connectivity index (χ1n) is 0.698. The molecule has 0 amide bonds. The molecule has 0 heterocycles. The predicted octanol–water partition coefficient (Wildman–Crippen LogP) is -0.655. The minimum absolute atomic E-state index is 0. The van der Waals surface area contributed by atoms with Crippen LogP contribution in [0, 0.1) is 0 Å². The average Bonchev–Trinajstić information content (AvgIpc) is 0.722. The average molecular weight is 157 g/mol. The zero-order chi connectivity index (χ0) is 4.50. The van der Waals surface area contributed by atoms with Crippen LogP contribution in [0.4, 0.5) is 0 Å². The summed E-state index contributed by atoms with van der Waals surface area (Å²) >= 11 is 0. The standard InChI is InChI=1S/Ni.H2O4S/c;1-5(2,3)4/h;(H2,1,2,3,4)/q+2;. The van der Waals surface area contributed by atoms with Gasteiger partial charge in [0.25, 0.3) is 0 Å². The third kappa shape index (κ3) is 374. The van der Waals surface area contributed by atoms with Crippen LogP contribution in [-0.2, 0) is 26.9 Å². The van der Waals surface area contributed by atoms with E-state index in [1.54, 1.807) is 0 Å². The van der Waals surface area contributed by atoms with Crippen LogP contribution < -0.4 is 0 Å². The molecule has 0 aromatic heterocycles. The molecule has 0 aliphatic carbocycles. The molecule has 0 bridgehead atoms. The van der Waals surface area contributed by atoms with Crippen LogP contribution in [0.3, 0.4) is 0 Å². The summed E-state index contributed by atoms with van der Waals surface area (Å²) in [6.45, 7) is 0. The predicted molar refractivity (Wildman–Crippen MR) is 14.2 cm³/mol. The Bertz CT molecular complexity index is 90.7. The third-order valence-electron chi connectivity index (χ3n) is 0.